The summed E-state index contributed by atoms with van der Waals surface area (Å²) in [5.41, 5.74) is 1.38. The Morgan fingerprint density at radius 3 is 1.67 bits per heavy atom. The molecule has 12 nitrogen and oxygen atoms in total. The number of likely N-dealkylation sites (tertiary alicyclic amines) is 1. The number of aliphatic hydroxyl groups excluding tert-OH is 2. The number of benzene rings is 3. The number of ether oxygens (including phenoxy) is 3. The third-order valence-electron chi connectivity index (χ3n) is 6.97. The van der Waals surface area contributed by atoms with Crippen LogP contribution in [0, 0.1) is 5.92 Å². The Bertz CT molecular complexity index is 1350. The van der Waals surface area contributed by atoms with Crippen LogP contribution in [0.2, 0.25) is 0 Å². The summed E-state index contributed by atoms with van der Waals surface area (Å²) in [4.78, 5) is 60.5. The van der Waals surface area contributed by atoms with Gasteiger partial charge in [0.25, 0.3) is 0 Å². The van der Waals surface area contributed by atoms with E-state index < -0.39 is 36.1 Å². The number of rotatable bonds is 8. The van der Waals surface area contributed by atoms with Crippen LogP contribution in [0.15, 0.2) is 91.0 Å². The number of methoxy groups -OCH3 is 1. The Morgan fingerprint density at radius 2 is 1.22 bits per heavy atom. The van der Waals surface area contributed by atoms with Crippen LogP contribution < -0.4 is 5.32 Å². The lowest BCUT2D eigenvalue weighted by molar-refractivity contribution is -0.166. The molecule has 1 aliphatic rings. The number of alkyl carbamates (subject to hydrolysis) is 1. The molecule has 0 bridgehead atoms. The van der Waals surface area contributed by atoms with Gasteiger partial charge in [-0.3, -0.25) is 4.90 Å². The number of nitrogens with one attached hydrogen (secondary N) is 1. The van der Waals surface area contributed by atoms with Gasteiger partial charge in [0.15, 0.2) is 12.2 Å². The summed E-state index contributed by atoms with van der Waals surface area (Å²) >= 11 is 0. The molecule has 238 valence electrons. The Morgan fingerprint density at radius 1 is 0.778 bits per heavy atom. The molecule has 4 rings (SSSR count). The lowest BCUT2D eigenvalue weighted by Crippen LogP contribution is -2.51. The first kappa shape index (κ1) is 34.6. The van der Waals surface area contributed by atoms with Crippen molar-refractivity contribution in [3.8, 4) is 0 Å². The van der Waals surface area contributed by atoms with Gasteiger partial charge in [-0.2, -0.15) is 0 Å². The normalized spacial score (nSPS) is 17.3. The summed E-state index contributed by atoms with van der Waals surface area (Å²) in [6, 6.07) is 25.4. The summed E-state index contributed by atoms with van der Waals surface area (Å²) in [6.07, 6.45) is -4.04. The van der Waals surface area contributed by atoms with Crippen LogP contribution in [0.1, 0.15) is 39.6 Å². The summed E-state index contributed by atoms with van der Waals surface area (Å²) in [6.45, 7) is 5.08. The molecular weight excluding hydrogens is 584 g/mol. The van der Waals surface area contributed by atoms with Gasteiger partial charge in [-0.15, -0.1) is 0 Å². The number of hydrogen-bond acceptors (Lipinski definition) is 11. The molecule has 1 aliphatic heterocycles. The topological polar surface area (TPSA) is 169 Å². The van der Waals surface area contributed by atoms with Crippen LogP contribution in [0.5, 0.6) is 0 Å². The number of aliphatic hydroxyl groups is 2. The molecule has 4 atom stereocenters. The van der Waals surface area contributed by atoms with E-state index in [4.69, 9.17) is 0 Å². The third kappa shape index (κ3) is 10.9. The average Bonchev–Trinajstić information content (AvgIpc) is 3.07. The Kier molecular flexibility index (Phi) is 13.4. The first-order chi connectivity index (χ1) is 21.6. The maximum Gasteiger partial charge on any atom is 0.407 e. The van der Waals surface area contributed by atoms with E-state index in [0.717, 1.165) is 26.1 Å². The predicted molar refractivity (Wildman–Crippen MR) is 161 cm³/mol. The fourth-order valence-corrected chi connectivity index (χ4v) is 4.35. The molecule has 0 radical (unpaired) electrons. The van der Waals surface area contributed by atoms with Crippen LogP contribution in [0.25, 0.3) is 0 Å². The number of hydrogen-bond donors (Lipinski definition) is 3. The number of carbonyl (C=O) groups is 5. The molecule has 0 spiro atoms. The molecule has 2 unspecified atom stereocenters. The number of piperidine rings is 1. The minimum Gasteiger partial charge on any atom is -0.453 e. The van der Waals surface area contributed by atoms with Gasteiger partial charge in [-0.05, 0) is 48.7 Å². The van der Waals surface area contributed by atoms with E-state index in [1.54, 1.807) is 12.1 Å². The highest BCUT2D eigenvalue weighted by Crippen LogP contribution is 2.19. The molecule has 0 saturated carbocycles. The van der Waals surface area contributed by atoms with Crippen LogP contribution >= 0.6 is 0 Å². The second kappa shape index (κ2) is 17.4. The van der Waals surface area contributed by atoms with Gasteiger partial charge in [-0.1, -0.05) is 73.7 Å². The van der Waals surface area contributed by atoms with Gasteiger partial charge < -0.3 is 29.7 Å². The van der Waals surface area contributed by atoms with Crippen LogP contribution in [0.3, 0.4) is 0 Å². The van der Waals surface area contributed by atoms with Gasteiger partial charge in [0.2, 0.25) is 0 Å². The van der Waals surface area contributed by atoms with E-state index in [1.165, 1.54) is 61.2 Å². The first-order valence-corrected chi connectivity index (χ1v) is 14.2. The molecule has 3 aromatic carbocycles. The summed E-state index contributed by atoms with van der Waals surface area (Å²) in [5.74, 6) is -4.77. The zero-order chi connectivity index (χ0) is 32.8. The van der Waals surface area contributed by atoms with Gasteiger partial charge in [0, 0.05) is 19.1 Å². The molecule has 3 aromatic rings. The van der Waals surface area contributed by atoms with E-state index in [0.29, 0.717) is 5.92 Å². The molecule has 1 fully saturated rings. The van der Waals surface area contributed by atoms with E-state index in [1.807, 2.05) is 6.07 Å². The van der Waals surface area contributed by atoms with Gasteiger partial charge in [-0.25, -0.2) is 24.0 Å². The highest BCUT2D eigenvalue weighted by atomic mass is 16.6. The molecule has 1 heterocycles. The maximum absolute atomic E-state index is 11.7. The Labute approximate surface area is 260 Å². The van der Waals surface area contributed by atoms with E-state index in [9.17, 15) is 34.2 Å². The highest BCUT2D eigenvalue weighted by molar-refractivity contribution is 6.01. The van der Waals surface area contributed by atoms with Crippen molar-refractivity contribution in [1.29, 1.82) is 0 Å². The minimum absolute atomic E-state index is 0.0318. The summed E-state index contributed by atoms with van der Waals surface area (Å²) < 4.78 is 13.4. The largest absolute Gasteiger partial charge is 0.453 e. The Hall–Kier alpha value is -4.91. The van der Waals surface area contributed by atoms with Crippen molar-refractivity contribution in [2.24, 2.45) is 5.92 Å². The molecule has 0 aliphatic carbocycles. The molecule has 0 aromatic heterocycles. The zero-order valence-corrected chi connectivity index (χ0v) is 24.9. The van der Waals surface area contributed by atoms with E-state index in [-0.39, 0.29) is 23.3 Å². The predicted octanol–water partition coefficient (Wildman–Crippen LogP) is 2.73. The molecule has 45 heavy (non-hydrogen) atoms. The van der Waals surface area contributed by atoms with Crippen molar-refractivity contribution >= 4 is 30.0 Å². The third-order valence-corrected chi connectivity index (χ3v) is 6.97. The lowest BCUT2D eigenvalue weighted by atomic mass is 9.93. The van der Waals surface area contributed by atoms with Crippen molar-refractivity contribution in [1.82, 2.24) is 10.2 Å². The zero-order valence-electron chi connectivity index (χ0n) is 24.9. The Balaban J connectivity index is 0.000000257. The van der Waals surface area contributed by atoms with Crippen molar-refractivity contribution in [2.45, 2.75) is 38.1 Å². The van der Waals surface area contributed by atoms with Gasteiger partial charge in [0.1, 0.15) is 0 Å². The van der Waals surface area contributed by atoms with Gasteiger partial charge >= 0.3 is 30.0 Å². The quantitative estimate of drug-likeness (QED) is 0.192. The smallest absolute Gasteiger partial charge is 0.407 e. The van der Waals surface area contributed by atoms with E-state index in [2.05, 4.69) is 55.6 Å². The summed E-state index contributed by atoms with van der Waals surface area (Å²) in [7, 11) is 1.41. The molecule has 1 saturated heterocycles. The fraction of sp³-hybridized carbons (Fsp3) is 0.303. The number of carbonyl (C=O) groups excluding carboxylic acids is 5. The van der Waals surface area contributed by atoms with Crippen LogP contribution in [-0.4, -0.2) is 83.5 Å². The van der Waals surface area contributed by atoms with Crippen LogP contribution in [-0.2, 0) is 30.3 Å². The first-order valence-electron chi connectivity index (χ1n) is 14.2. The molecule has 12 heteroatoms. The van der Waals surface area contributed by atoms with Crippen molar-refractivity contribution in [3.63, 3.8) is 0 Å². The average molecular weight is 621 g/mol. The lowest BCUT2D eigenvalue weighted by Gasteiger charge is -2.37. The highest BCUT2D eigenvalue weighted by Gasteiger charge is 2.35. The van der Waals surface area contributed by atoms with Crippen molar-refractivity contribution in [2.75, 3.05) is 20.2 Å². The van der Waals surface area contributed by atoms with Crippen molar-refractivity contribution < 1.29 is 48.4 Å². The number of amides is 1. The number of nitrogens with zero attached hydrogens (tertiary/aromatic N) is 1. The second-order valence-electron chi connectivity index (χ2n) is 10.3. The standard InChI is InChI=1S/C18H14O8.C15H22N2O2/c19-13(17(23)25-15(21)11-7-3-1-4-8-11)14(20)18(24)26-16(22)12-9-5-2-6-10-12;1-12-8-9-17(10-13-6-4-3-5-7-13)11-14(12)16-15(18)19-2/h1-10,13-14,19-20H;3-7,12,14H,8-11H2,1-2H3,(H,16,18)/t;12-,14+/m.1/s1. The maximum atomic E-state index is 11.7. The monoisotopic (exact) mass is 620 g/mol. The molecule has 3 N–H and O–H groups in total. The molecule has 1 amide bonds. The van der Waals surface area contributed by atoms with Gasteiger partial charge in [0.05, 0.1) is 18.2 Å². The van der Waals surface area contributed by atoms with Crippen LogP contribution in [0.4, 0.5) is 4.79 Å². The minimum atomic E-state index is -2.40. The molecular formula is C33H36N2O10. The number of esters is 4. The van der Waals surface area contributed by atoms with Crippen molar-refractivity contribution in [3.05, 3.63) is 108 Å². The van der Waals surface area contributed by atoms with E-state index >= 15 is 0 Å². The second-order valence-corrected chi connectivity index (χ2v) is 10.3. The SMILES string of the molecule is COC(=O)N[C@H]1CN(Cc2ccccc2)CC[C@H]1C.O=C(OC(=O)C(O)C(O)C(=O)OC(=O)c1ccccc1)c1ccccc1. The fourth-order valence-electron chi connectivity index (χ4n) is 4.35. The summed E-state index contributed by atoms with van der Waals surface area (Å²) in [5, 5.41) is 22.2.